The summed E-state index contributed by atoms with van der Waals surface area (Å²) in [6.45, 7) is 8.90. The molecule has 2 unspecified atom stereocenters. The lowest BCUT2D eigenvalue weighted by Gasteiger charge is -2.29. The summed E-state index contributed by atoms with van der Waals surface area (Å²) in [5.41, 5.74) is 4.42. The lowest BCUT2D eigenvalue weighted by atomic mass is 10.0. The lowest BCUT2D eigenvalue weighted by Crippen LogP contribution is -2.37. The molecule has 0 saturated carbocycles. The Kier molecular flexibility index (Phi) is 5.17. The highest BCUT2D eigenvalue weighted by molar-refractivity contribution is 5.38. The van der Waals surface area contributed by atoms with E-state index in [4.69, 9.17) is 0 Å². The van der Waals surface area contributed by atoms with Crippen molar-refractivity contribution in [3.05, 3.63) is 34.9 Å². The van der Waals surface area contributed by atoms with E-state index in [2.05, 4.69) is 42.3 Å². The number of aliphatic hydroxyl groups is 1. The number of nitrogens with one attached hydrogen (secondary N) is 1. The number of benzene rings is 1. The summed E-state index contributed by atoms with van der Waals surface area (Å²) in [5, 5.41) is 13.3. The molecule has 1 aromatic carbocycles. The minimum absolute atomic E-state index is 0.0616. The number of nitrogens with zero attached hydrogens (tertiary/aromatic N) is 1. The average Bonchev–Trinajstić information content (AvgIpc) is 2.81. The Morgan fingerprint density at radius 1 is 1.27 bits per heavy atom. The van der Waals surface area contributed by atoms with Crippen molar-refractivity contribution >= 4 is 0 Å². The zero-order chi connectivity index (χ0) is 15.5. The largest absolute Gasteiger partial charge is 0.393 e. The standard InChI is InChI=1S/C19H30N2O/c1-14-4-5-16-13-15(2)19(18(16)12-14)20-8-3-9-21-10-6-17(22)7-11-21/h4-5,12,15,17,19-20,22H,3,6-11,13H2,1-2H3. The van der Waals surface area contributed by atoms with E-state index in [1.54, 1.807) is 0 Å². The van der Waals surface area contributed by atoms with Gasteiger partial charge in [0.25, 0.3) is 0 Å². The van der Waals surface area contributed by atoms with E-state index >= 15 is 0 Å². The van der Waals surface area contributed by atoms with E-state index in [1.165, 1.54) is 29.5 Å². The molecule has 0 radical (unpaired) electrons. The molecular weight excluding hydrogens is 272 g/mol. The molecule has 1 fully saturated rings. The first kappa shape index (κ1) is 16.0. The Morgan fingerprint density at radius 2 is 2.05 bits per heavy atom. The van der Waals surface area contributed by atoms with E-state index in [1.807, 2.05) is 0 Å². The van der Waals surface area contributed by atoms with Crippen molar-refractivity contribution in [2.75, 3.05) is 26.2 Å². The number of fused-ring (bicyclic) bond motifs is 1. The molecule has 3 heteroatoms. The summed E-state index contributed by atoms with van der Waals surface area (Å²) in [6, 6.07) is 7.43. The highest BCUT2D eigenvalue weighted by Crippen LogP contribution is 2.36. The van der Waals surface area contributed by atoms with Gasteiger partial charge in [0, 0.05) is 19.1 Å². The van der Waals surface area contributed by atoms with Gasteiger partial charge in [0.15, 0.2) is 0 Å². The molecule has 22 heavy (non-hydrogen) atoms. The van der Waals surface area contributed by atoms with Crippen molar-refractivity contribution in [3.63, 3.8) is 0 Å². The minimum Gasteiger partial charge on any atom is -0.393 e. The molecule has 3 rings (SSSR count). The molecule has 1 aliphatic carbocycles. The van der Waals surface area contributed by atoms with Gasteiger partial charge in [0.2, 0.25) is 0 Å². The summed E-state index contributed by atoms with van der Waals surface area (Å²) < 4.78 is 0. The monoisotopic (exact) mass is 302 g/mol. The van der Waals surface area contributed by atoms with Crippen LogP contribution in [0, 0.1) is 12.8 Å². The fourth-order valence-corrected chi connectivity index (χ4v) is 3.98. The van der Waals surface area contributed by atoms with Crippen LogP contribution in [-0.4, -0.2) is 42.3 Å². The van der Waals surface area contributed by atoms with Crippen molar-refractivity contribution in [1.29, 1.82) is 0 Å². The van der Waals surface area contributed by atoms with E-state index in [9.17, 15) is 5.11 Å². The molecule has 122 valence electrons. The molecule has 1 aromatic rings. The van der Waals surface area contributed by atoms with E-state index < -0.39 is 0 Å². The van der Waals surface area contributed by atoms with Crippen molar-refractivity contribution < 1.29 is 5.11 Å². The normalized spacial score (nSPS) is 26.3. The fourth-order valence-electron chi connectivity index (χ4n) is 3.98. The van der Waals surface area contributed by atoms with Gasteiger partial charge in [-0.3, -0.25) is 0 Å². The van der Waals surface area contributed by atoms with Crippen LogP contribution in [0.1, 0.15) is 48.9 Å². The summed E-state index contributed by atoms with van der Waals surface area (Å²) >= 11 is 0. The van der Waals surface area contributed by atoms with Gasteiger partial charge >= 0.3 is 0 Å². The maximum Gasteiger partial charge on any atom is 0.0564 e. The maximum atomic E-state index is 9.55. The molecule has 2 aliphatic rings. The molecule has 0 spiro atoms. The second-order valence-electron chi connectivity index (χ2n) is 7.24. The highest BCUT2D eigenvalue weighted by Gasteiger charge is 2.28. The number of rotatable bonds is 5. The molecule has 1 heterocycles. The third-order valence-corrected chi connectivity index (χ3v) is 5.32. The summed E-state index contributed by atoms with van der Waals surface area (Å²) in [5.74, 6) is 0.696. The number of likely N-dealkylation sites (tertiary alicyclic amines) is 1. The number of piperidine rings is 1. The Hall–Kier alpha value is -0.900. The number of aliphatic hydroxyl groups excluding tert-OH is 1. The average molecular weight is 302 g/mol. The first-order chi connectivity index (χ1) is 10.6. The quantitative estimate of drug-likeness (QED) is 0.821. The van der Waals surface area contributed by atoms with Crippen LogP contribution in [0.3, 0.4) is 0 Å². The highest BCUT2D eigenvalue weighted by atomic mass is 16.3. The zero-order valence-electron chi connectivity index (χ0n) is 14.0. The maximum absolute atomic E-state index is 9.55. The first-order valence-corrected chi connectivity index (χ1v) is 8.86. The van der Waals surface area contributed by atoms with Crippen molar-refractivity contribution in [2.45, 2.75) is 51.7 Å². The van der Waals surface area contributed by atoms with Gasteiger partial charge in [-0.05, 0) is 62.7 Å². The molecular formula is C19H30N2O. The second-order valence-corrected chi connectivity index (χ2v) is 7.24. The molecule has 0 amide bonds. The Morgan fingerprint density at radius 3 is 2.82 bits per heavy atom. The number of hydrogen-bond donors (Lipinski definition) is 2. The Balaban J connectivity index is 1.45. The van der Waals surface area contributed by atoms with Gasteiger partial charge in [-0.1, -0.05) is 30.7 Å². The van der Waals surface area contributed by atoms with Gasteiger partial charge in [-0.15, -0.1) is 0 Å². The fraction of sp³-hybridized carbons (Fsp3) is 0.684. The molecule has 3 nitrogen and oxygen atoms in total. The molecule has 2 atom stereocenters. The SMILES string of the molecule is Cc1ccc2c(c1)C(NCCCN1CCC(O)CC1)C(C)C2. The first-order valence-electron chi connectivity index (χ1n) is 8.86. The van der Waals surface area contributed by atoms with Crippen LogP contribution in [0.15, 0.2) is 18.2 Å². The topological polar surface area (TPSA) is 35.5 Å². The summed E-state index contributed by atoms with van der Waals surface area (Å²) in [7, 11) is 0. The number of hydrogen-bond acceptors (Lipinski definition) is 3. The Labute approximate surface area is 134 Å². The summed E-state index contributed by atoms with van der Waals surface area (Å²) in [6.07, 6.45) is 4.23. The lowest BCUT2D eigenvalue weighted by molar-refractivity contribution is 0.0819. The smallest absolute Gasteiger partial charge is 0.0564 e. The predicted octanol–water partition coefficient (Wildman–Crippen LogP) is 2.66. The summed E-state index contributed by atoms with van der Waals surface area (Å²) in [4.78, 5) is 2.49. The van der Waals surface area contributed by atoms with E-state index in [0.29, 0.717) is 12.0 Å². The molecule has 1 saturated heterocycles. The van der Waals surface area contributed by atoms with Crippen molar-refractivity contribution in [1.82, 2.24) is 10.2 Å². The van der Waals surface area contributed by atoms with Gasteiger partial charge in [-0.2, -0.15) is 0 Å². The van der Waals surface area contributed by atoms with E-state index in [0.717, 1.165) is 39.0 Å². The van der Waals surface area contributed by atoms with Crippen molar-refractivity contribution in [3.8, 4) is 0 Å². The third kappa shape index (κ3) is 3.70. The molecule has 0 bridgehead atoms. The van der Waals surface area contributed by atoms with Crippen LogP contribution in [0.2, 0.25) is 0 Å². The van der Waals surface area contributed by atoms with Gasteiger partial charge in [-0.25, -0.2) is 0 Å². The zero-order valence-corrected chi connectivity index (χ0v) is 14.0. The van der Waals surface area contributed by atoms with Crippen LogP contribution in [0.25, 0.3) is 0 Å². The van der Waals surface area contributed by atoms with Crippen LogP contribution in [0.4, 0.5) is 0 Å². The van der Waals surface area contributed by atoms with Gasteiger partial charge in [0.1, 0.15) is 0 Å². The van der Waals surface area contributed by atoms with Gasteiger partial charge < -0.3 is 15.3 Å². The molecule has 0 aromatic heterocycles. The predicted molar refractivity (Wildman–Crippen MR) is 91.1 cm³/mol. The number of aryl methyl sites for hydroxylation is 1. The third-order valence-electron chi connectivity index (χ3n) is 5.32. The second kappa shape index (κ2) is 7.12. The van der Waals surface area contributed by atoms with Gasteiger partial charge in [0.05, 0.1) is 6.10 Å². The van der Waals surface area contributed by atoms with Crippen LogP contribution in [0.5, 0.6) is 0 Å². The molecule has 1 aliphatic heterocycles. The van der Waals surface area contributed by atoms with E-state index in [-0.39, 0.29) is 6.10 Å². The Bertz CT molecular complexity index is 494. The minimum atomic E-state index is -0.0616. The van der Waals surface area contributed by atoms with Crippen LogP contribution < -0.4 is 5.32 Å². The van der Waals surface area contributed by atoms with Crippen LogP contribution >= 0.6 is 0 Å². The van der Waals surface area contributed by atoms with Crippen molar-refractivity contribution in [2.24, 2.45) is 5.92 Å². The molecule has 2 N–H and O–H groups in total. The van der Waals surface area contributed by atoms with Crippen LogP contribution in [-0.2, 0) is 6.42 Å².